The van der Waals surface area contributed by atoms with Gasteiger partial charge in [0.1, 0.15) is 12.6 Å². The maximum atomic E-state index is 6.13. The van der Waals surface area contributed by atoms with Gasteiger partial charge in [0.15, 0.2) is 22.1 Å². The Morgan fingerprint density at radius 1 is 1.19 bits per heavy atom. The number of hydrogen-bond donors (Lipinski definition) is 2. The summed E-state index contributed by atoms with van der Waals surface area (Å²) in [4.78, 5) is 19.0. The first-order valence-electron chi connectivity index (χ1n) is 11.0. The van der Waals surface area contributed by atoms with Gasteiger partial charge in [0, 0.05) is 17.5 Å². The molecule has 0 radical (unpaired) electrons. The molecule has 0 fully saturated rings. The van der Waals surface area contributed by atoms with Crippen LogP contribution in [-0.2, 0) is 19.4 Å². The first-order chi connectivity index (χ1) is 15.6. The Morgan fingerprint density at radius 2 is 2.03 bits per heavy atom. The molecule has 0 unspecified atom stereocenters. The molecule has 3 aromatic heterocycles. The summed E-state index contributed by atoms with van der Waals surface area (Å²) in [7, 11) is 0. The number of nitrogens with zero attached hydrogens (tertiary/aromatic N) is 5. The molecule has 0 bridgehead atoms. The van der Waals surface area contributed by atoms with Crippen LogP contribution in [0.15, 0.2) is 45.4 Å². The molecule has 166 valence electrons. The summed E-state index contributed by atoms with van der Waals surface area (Å²) in [6, 6.07) is 4.95. The van der Waals surface area contributed by atoms with Gasteiger partial charge in [-0.15, -0.1) is 0 Å². The zero-order valence-electron chi connectivity index (χ0n) is 18.3. The zero-order valence-corrected chi connectivity index (χ0v) is 19.2. The van der Waals surface area contributed by atoms with E-state index in [2.05, 4.69) is 50.8 Å². The van der Waals surface area contributed by atoms with E-state index in [-0.39, 0.29) is 0 Å². The minimum Gasteiger partial charge on any atom is -0.444 e. The predicted octanol–water partition coefficient (Wildman–Crippen LogP) is 4.09. The molecule has 0 saturated carbocycles. The predicted molar refractivity (Wildman–Crippen MR) is 126 cm³/mol. The van der Waals surface area contributed by atoms with Crippen molar-refractivity contribution in [2.45, 2.75) is 62.2 Å². The minimum atomic E-state index is 0.401. The van der Waals surface area contributed by atoms with Crippen molar-refractivity contribution >= 4 is 28.7 Å². The van der Waals surface area contributed by atoms with E-state index in [1.165, 1.54) is 23.9 Å². The van der Waals surface area contributed by atoms with Crippen LogP contribution in [0, 0.1) is 0 Å². The number of nitrogen functional groups attached to an aromatic ring is 1. The molecule has 1 aromatic carbocycles. The molecule has 8 nitrogen and oxygen atoms in total. The summed E-state index contributed by atoms with van der Waals surface area (Å²) < 4.78 is 7.81. The number of hydrogen-bond acceptors (Lipinski definition) is 8. The smallest absolute Gasteiger partial charge is 0.227 e. The number of aryl methyl sites for hydroxylation is 3. The molecule has 9 heteroatoms. The second-order valence-electron chi connectivity index (χ2n) is 8.35. The van der Waals surface area contributed by atoms with Gasteiger partial charge < -0.3 is 20.0 Å². The van der Waals surface area contributed by atoms with Gasteiger partial charge in [-0.25, -0.2) is 19.9 Å². The molecule has 0 atom stereocenters. The SMILES string of the molecule is CC(C)NCCCn1c(Sc2cc3c(cc2-c2ncco2)CCC3)nc2c(N)ncnc21. The topological polar surface area (TPSA) is 108 Å². The number of anilines is 1. The molecule has 0 aliphatic heterocycles. The summed E-state index contributed by atoms with van der Waals surface area (Å²) in [5.41, 5.74) is 11.3. The first-order valence-corrected chi connectivity index (χ1v) is 11.9. The number of nitrogens with one attached hydrogen (secondary N) is 1. The van der Waals surface area contributed by atoms with Crippen molar-refractivity contribution in [3.63, 3.8) is 0 Å². The Morgan fingerprint density at radius 3 is 2.81 bits per heavy atom. The third-order valence-electron chi connectivity index (χ3n) is 5.69. The summed E-state index contributed by atoms with van der Waals surface area (Å²) in [5, 5.41) is 4.32. The van der Waals surface area contributed by atoms with Gasteiger partial charge >= 0.3 is 0 Å². The fourth-order valence-electron chi connectivity index (χ4n) is 4.15. The average Bonchev–Trinajstić information content (AvgIpc) is 3.51. The van der Waals surface area contributed by atoms with E-state index in [9.17, 15) is 0 Å². The largest absolute Gasteiger partial charge is 0.444 e. The van der Waals surface area contributed by atoms with Gasteiger partial charge in [0.2, 0.25) is 5.89 Å². The highest BCUT2D eigenvalue weighted by molar-refractivity contribution is 7.99. The van der Waals surface area contributed by atoms with E-state index < -0.39 is 0 Å². The number of nitrogens with two attached hydrogens (primary N) is 1. The Balaban J connectivity index is 1.54. The van der Waals surface area contributed by atoms with Crippen LogP contribution in [0.4, 0.5) is 5.82 Å². The van der Waals surface area contributed by atoms with Crippen LogP contribution in [0.5, 0.6) is 0 Å². The van der Waals surface area contributed by atoms with Gasteiger partial charge in [0.25, 0.3) is 0 Å². The van der Waals surface area contributed by atoms with Gasteiger partial charge in [-0.3, -0.25) is 0 Å². The lowest BCUT2D eigenvalue weighted by molar-refractivity contribution is 0.525. The normalized spacial score (nSPS) is 13.3. The minimum absolute atomic E-state index is 0.401. The highest BCUT2D eigenvalue weighted by atomic mass is 32.2. The van der Waals surface area contributed by atoms with Crippen molar-refractivity contribution in [1.29, 1.82) is 0 Å². The van der Waals surface area contributed by atoms with Crippen molar-refractivity contribution < 1.29 is 4.42 Å². The van der Waals surface area contributed by atoms with Crippen LogP contribution < -0.4 is 11.1 Å². The van der Waals surface area contributed by atoms with Crippen molar-refractivity contribution in [3.05, 3.63) is 42.0 Å². The van der Waals surface area contributed by atoms with Gasteiger partial charge in [0.05, 0.1) is 11.8 Å². The monoisotopic (exact) mass is 449 g/mol. The third kappa shape index (κ3) is 4.10. The maximum Gasteiger partial charge on any atom is 0.227 e. The van der Waals surface area contributed by atoms with E-state index in [1.807, 2.05) is 0 Å². The number of benzene rings is 1. The molecular weight excluding hydrogens is 422 g/mol. The van der Waals surface area contributed by atoms with Crippen molar-refractivity contribution in [1.82, 2.24) is 29.8 Å². The molecular formula is C23H27N7OS. The molecule has 3 heterocycles. The highest BCUT2D eigenvalue weighted by Gasteiger charge is 2.22. The van der Waals surface area contributed by atoms with Crippen molar-refractivity contribution in [3.8, 4) is 11.5 Å². The average molecular weight is 450 g/mol. The molecule has 0 spiro atoms. The lowest BCUT2D eigenvalue weighted by atomic mass is 10.1. The fraction of sp³-hybridized carbons (Fsp3) is 0.391. The standard InChI is InChI=1S/C23H27N7OS/c1-14(2)25-7-4-9-30-21-19(20(24)27-13-28-21)29-23(30)32-18-12-16-6-3-5-15(16)11-17(18)22-26-8-10-31-22/h8,10-14,25H,3-7,9H2,1-2H3,(H2,24,27,28). The molecule has 3 N–H and O–H groups in total. The second-order valence-corrected chi connectivity index (χ2v) is 9.36. The fourth-order valence-corrected chi connectivity index (χ4v) is 5.23. The molecule has 32 heavy (non-hydrogen) atoms. The van der Waals surface area contributed by atoms with Gasteiger partial charge in [-0.1, -0.05) is 25.6 Å². The van der Waals surface area contributed by atoms with E-state index >= 15 is 0 Å². The van der Waals surface area contributed by atoms with E-state index in [1.54, 1.807) is 24.2 Å². The number of imidazole rings is 1. The van der Waals surface area contributed by atoms with Crippen LogP contribution in [0.1, 0.15) is 37.8 Å². The van der Waals surface area contributed by atoms with Crippen LogP contribution in [0.3, 0.4) is 0 Å². The summed E-state index contributed by atoms with van der Waals surface area (Å²) >= 11 is 1.61. The number of oxazole rings is 1. The highest BCUT2D eigenvalue weighted by Crippen LogP contribution is 2.40. The van der Waals surface area contributed by atoms with Gasteiger partial charge in [-0.05, 0) is 55.5 Å². The zero-order chi connectivity index (χ0) is 22.1. The molecule has 1 aliphatic rings. The Kier molecular flexibility index (Phi) is 5.84. The molecule has 0 saturated heterocycles. The van der Waals surface area contributed by atoms with E-state index in [4.69, 9.17) is 15.1 Å². The van der Waals surface area contributed by atoms with Crippen molar-refractivity contribution in [2.75, 3.05) is 12.3 Å². The van der Waals surface area contributed by atoms with Crippen LogP contribution in [0.2, 0.25) is 0 Å². The number of rotatable bonds is 8. The lowest BCUT2D eigenvalue weighted by Gasteiger charge is -2.13. The first kappa shape index (κ1) is 21.0. The maximum absolute atomic E-state index is 6.13. The Bertz CT molecular complexity index is 1230. The summed E-state index contributed by atoms with van der Waals surface area (Å²) in [5.74, 6) is 1.03. The Labute approximate surface area is 191 Å². The van der Waals surface area contributed by atoms with E-state index in [0.717, 1.165) is 53.6 Å². The lowest BCUT2D eigenvalue weighted by Crippen LogP contribution is -2.24. The summed E-state index contributed by atoms with van der Waals surface area (Å²) in [6.45, 7) is 6.01. The number of aromatic nitrogens is 5. The van der Waals surface area contributed by atoms with Crippen LogP contribution >= 0.6 is 11.8 Å². The third-order valence-corrected chi connectivity index (χ3v) is 6.75. The molecule has 0 amide bonds. The molecule has 4 aromatic rings. The number of fused-ring (bicyclic) bond motifs is 2. The Hall–Kier alpha value is -2.91. The molecule has 1 aliphatic carbocycles. The molecule has 5 rings (SSSR count). The van der Waals surface area contributed by atoms with Crippen molar-refractivity contribution in [2.24, 2.45) is 0 Å². The quantitative estimate of drug-likeness (QED) is 0.387. The summed E-state index contributed by atoms with van der Waals surface area (Å²) in [6.07, 6.45) is 9.14. The van der Waals surface area contributed by atoms with E-state index in [0.29, 0.717) is 23.3 Å². The van der Waals surface area contributed by atoms with Crippen LogP contribution in [0.25, 0.3) is 22.6 Å². The second kappa shape index (κ2) is 8.91. The van der Waals surface area contributed by atoms with Crippen LogP contribution in [-0.4, -0.2) is 37.1 Å². The van der Waals surface area contributed by atoms with Gasteiger partial charge in [-0.2, -0.15) is 0 Å².